The molecule has 0 unspecified atom stereocenters. The van der Waals surface area contributed by atoms with Gasteiger partial charge in [-0.3, -0.25) is 0 Å². The van der Waals surface area contributed by atoms with E-state index < -0.39 is 0 Å². The van der Waals surface area contributed by atoms with Gasteiger partial charge in [-0.2, -0.15) is 5.26 Å². The molecule has 0 aromatic heterocycles. The van der Waals surface area contributed by atoms with Gasteiger partial charge >= 0.3 is 0 Å². The molecule has 96 valence electrons. The standard InChI is InChI=1S/C13H15BrFN3/c1-2-5-18(10-7-17-8-10)11-4-3-9(6-16)12(14)13(11)15/h3-4,10,17H,2,5,7-8H2,1H3. The molecule has 1 N–H and O–H groups in total. The first-order valence-corrected chi connectivity index (χ1v) is 6.83. The topological polar surface area (TPSA) is 39.1 Å². The molecule has 1 heterocycles. The van der Waals surface area contributed by atoms with Crippen LogP contribution in [0.15, 0.2) is 16.6 Å². The molecule has 0 amide bonds. The van der Waals surface area contributed by atoms with Crippen molar-refractivity contribution in [2.45, 2.75) is 19.4 Å². The Morgan fingerprint density at radius 2 is 2.28 bits per heavy atom. The fraction of sp³-hybridized carbons (Fsp3) is 0.462. The van der Waals surface area contributed by atoms with E-state index in [1.165, 1.54) is 0 Å². The number of nitrogens with zero attached hydrogens (tertiary/aromatic N) is 2. The molecular weight excluding hydrogens is 297 g/mol. The van der Waals surface area contributed by atoms with Crippen molar-refractivity contribution in [2.24, 2.45) is 0 Å². The summed E-state index contributed by atoms with van der Waals surface area (Å²) in [6, 6.07) is 5.69. The third kappa shape index (κ3) is 2.36. The van der Waals surface area contributed by atoms with Crippen LogP contribution in [0.1, 0.15) is 18.9 Å². The van der Waals surface area contributed by atoms with E-state index >= 15 is 0 Å². The van der Waals surface area contributed by atoms with Crippen molar-refractivity contribution in [3.8, 4) is 6.07 Å². The predicted octanol–water partition coefficient (Wildman–Crippen LogP) is 2.65. The number of benzene rings is 1. The molecule has 1 fully saturated rings. The van der Waals surface area contributed by atoms with Gasteiger partial charge < -0.3 is 10.2 Å². The summed E-state index contributed by atoms with van der Waals surface area (Å²) in [7, 11) is 0. The van der Waals surface area contributed by atoms with Gasteiger partial charge in [-0.05, 0) is 34.5 Å². The van der Waals surface area contributed by atoms with Crippen LogP contribution in [-0.4, -0.2) is 25.7 Å². The lowest BCUT2D eigenvalue weighted by Crippen LogP contribution is -2.57. The Hall–Kier alpha value is -1.12. The maximum atomic E-state index is 14.3. The third-order valence-electron chi connectivity index (χ3n) is 3.16. The molecule has 5 heteroatoms. The number of nitriles is 1. The van der Waals surface area contributed by atoms with E-state index in [0.29, 0.717) is 17.3 Å². The summed E-state index contributed by atoms with van der Waals surface area (Å²) in [5, 5.41) is 12.1. The van der Waals surface area contributed by atoms with E-state index in [1.807, 2.05) is 6.07 Å². The molecule has 2 rings (SSSR count). The van der Waals surface area contributed by atoms with E-state index in [-0.39, 0.29) is 10.3 Å². The number of rotatable bonds is 4. The lowest BCUT2D eigenvalue weighted by Gasteiger charge is -2.40. The van der Waals surface area contributed by atoms with Gasteiger partial charge in [0.05, 0.1) is 21.8 Å². The SMILES string of the molecule is CCCN(c1ccc(C#N)c(Br)c1F)C1CNC1. The third-order valence-corrected chi connectivity index (χ3v) is 3.93. The first-order valence-electron chi connectivity index (χ1n) is 6.04. The van der Waals surface area contributed by atoms with Crippen LogP contribution < -0.4 is 10.2 Å². The molecule has 1 aromatic carbocycles. The van der Waals surface area contributed by atoms with Gasteiger partial charge in [0.25, 0.3) is 0 Å². The Morgan fingerprint density at radius 1 is 1.56 bits per heavy atom. The average Bonchev–Trinajstić information content (AvgIpc) is 2.30. The quantitative estimate of drug-likeness (QED) is 0.929. The molecule has 3 nitrogen and oxygen atoms in total. The Balaban J connectivity index is 2.35. The van der Waals surface area contributed by atoms with Gasteiger partial charge in [0.1, 0.15) is 6.07 Å². The smallest absolute Gasteiger partial charge is 0.161 e. The second-order valence-corrected chi connectivity index (χ2v) is 5.17. The zero-order valence-electron chi connectivity index (χ0n) is 10.2. The van der Waals surface area contributed by atoms with Crippen molar-refractivity contribution in [1.29, 1.82) is 5.26 Å². The van der Waals surface area contributed by atoms with Crippen LogP contribution >= 0.6 is 15.9 Å². The summed E-state index contributed by atoms with van der Waals surface area (Å²) in [6.07, 6.45) is 0.966. The van der Waals surface area contributed by atoms with Crippen molar-refractivity contribution < 1.29 is 4.39 Å². The number of halogens is 2. The normalized spacial score (nSPS) is 15.0. The number of nitrogens with one attached hydrogen (secondary N) is 1. The molecule has 0 radical (unpaired) electrons. The molecular formula is C13H15BrFN3. The molecule has 1 aromatic rings. The van der Waals surface area contributed by atoms with Crippen LogP contribution in [-0.2, 0) is 0 Å². The summed E-state index contributed by atoms with van der Waals surface area (Å²) in [5.74, 6) is -0.339. The van der Waals surface area contributed by atoms with Crippen LogP contribution in [0.4, 0.5) is 10.1 Å². The molecule has 1 saturated heterocycles. The Labute approximate surface area is 115 Å². The minimum Gasteiger partial charge on any atom is -0.364 e. The van der Waals surface area contributed by atoms with Crippen LogP contribution in [0.25, 0.3) is 0 Å². The first kappa shape index (κ1) is 13.3. The first-order chi connectivity index (χ1) is 8.69. The highest BCUT2D eigenvalue weighted by atomic mass is 79.9. The molecule has 1 aliphatic heterocycles. The maximum absolute atomic E-state index is 14.3. The Kier molecular flexibility index (Phi) is 4.20. The molecule has 0 spiro atoms. The molecule has 0 atom stereocenters. The predicted molar refractivity (Wildman–Crippen MR) is 73.1 cm³/mol. The lowest BCUT2D eigenvalue weighted by molar-refractivity contribution is 0.408. The average molecular weight is 312 g/mol. The summed E-state index contributed by atoms with van der Waals surface area (Å²) >= 11 is 3.16. The van der Waals surface area contributed by atoms with Crippen LogP contribution in [0.3, 0.4) is 0 Å². The minimum atomic E-state index is -0.339. The highest BCUT2D eigenvalue weighted by molar-refractivity contribution is 9.10. The van der Waals surface area contributed by atoms with Crippen molar-refractivity contribution in [2.75, 3.05) is 24.5 Å². The zero-order chi connectivity index (χ0) is 13.1. The van der Waals surface area contributed by atoms with Crippen molar-refractivity contribution >= 4 is 21.6 Å². The summed E-state index contributed by atoms with van der Waals surface area (Å²) in [5.41, 5.74) is 0.911. The fourth-order valence-electron chi connectivity index (χ4n) is 2.08. The summed E-state index contributed by atoms with van der Waals surface area (Å²) in [4.78, 5) is 2.08. The molecule has 0 aliphatic carbocycles. The van der Waals surface area contributed by atoms with Gasteiger partial charge in [-0.15, -0.1) is 0 Å². The summed E-state index contributed by atoms with van der Waals surface area (Å²) < 4.78 is 14.5. The van der Waals surface area contributed by atoms with Crippen molar-refractivity contribution in [3.05, 3.63) is 28.0 Å². The van der Waals surface area contributed by atoms with E-state index in [1.54, 1.807) is 12.1 Å². The molecule has 0 bridgehead atoms. The van der Waals surface area contributed by atoms with Crippen LogP contribution in [0, 0.1) is 17.1 Å². The van der Waals surface area contributed by atoms with E-state index in [2.05, 4.69) is 33.1 Å². The van der Waals surface area contributed by atoms with Gasteiger partial charge in [0.15, 0.2) is 5.82 Å². The second-order valence-electron chi connectivity index (χ2n) is 4.38. The van der Waals surface area contributed by atoms with Gasteiger partial charge in [0.2, 0.25) is 0 Å². The monoisotopic (exact) mass is 311 g/mol. The highest BCUT2D eigenvalue weighted by Crippen LogP contribution is 2.30. The zero-order valence-corrected chi connectivity index (χ0v) is 11.8. The van der Waals surface area contributed by atoms with E-state index in [9.17, 15) is 4.39 Å². The van der Waals surface area contributed by atoms with Gasteiger partial charge in [0, 0.05) is 19.6 Å². The minimum absolute atomic E-state index is 0.260. The molecule has 1 aliphatic rings. The van der Waals surface area contributed by atoms with Gasteiger partial charge in [-0.1, -0.05) is 6.92 Å². The van der Waals surface area contributed by atoms with Crippen LogP contribution in [0.5, 0.6) is 0 Å². The number of hydrogen-bond acceptors (Lipinski definition) is 3. The Morgan fingerprint density at radius 3 is 2.78 bits per heavy atom. The number of anilines is 1. The molecule has 18 heavy (non-hydrogen) atoms. The lowest BCUT2D eigenvalue weighted by atomic mass is 10.1. The fourth-order valence-corrected chi connectivity index (χ4v) is 2.51. The van der Waals surface area contributed by atoms with E-state index in [0.717, 1.165) is 26.1 Å². The van der Waals surface area contributed by atoms with Crippen molar-refractivity contribution in [1.82, 2.24) is 5.32 Å². The van der Waals surface area contributed by atoms with E-state index in [4.69, 9.17) is 5.26 Å². The number of hydrogen-bond donors (Lipinski definition) is 1. The molecule has 0 saturated carbocycles. The largest absolute Gasteiger partial charge is 0.364 e. The summed E-state index contributed by atoms with van der Waals surface area (Å²) in [6.45, 7) is 4.67. The van der Waals surface area contributed by atoms with Gasteiger partial charge in [-0.25, -0.2) is 4.39 Å². The maximum Gasteiger partial charge on any atom is 0.161 e. The second kappa shape index (κ2) is 5.68. The Bertz CT molecular complexity index is 480. The van der Waals surface area contributed by atoms with Crippen molar-refractivity contribution in [3.63, 3.8) is 0 Å². The highest BCUT2D eigenvalue weighted by Gasteiger charge is 2.27. The van der Waals surface area contributed by atoms with Crippen LogP contribution in [0.2, 0.25) is 0 Å².